The second-order valence-electron chi connectivity index (χ2n) is 5.24. The number of hydrogen-bond donors (Lipinski definition) is 1. The third-order valence-corrected chi connectivity index (χ3v) is 4.29. The van der Waals surface area contributed by atoms with Gasteiger partial charge in [-0.25, -0.2) is 0 Å². The molecule has 102 valence electrons. The molecule has 1 N–H and O–H groups in total. The smallest absolute Gasteiger partial charge is 0.0175 e. The Morgan fingerprint density at radius 3 is 2.50 bits per heavy atom. The van der Waals surface area contributed by atoms with Crippen molar-refractivity contribution in [3.05, 3.63) is 76.3 Å². The van der Waals surface area contributed by atoms with Crippen LogP contribution in [0.4, 0.5) is 0 Å². The summed E-state index contributed by atoms with van der Waals surface area (Å²) in [5, 5.41) is 3.59. The van der Waals surface area contributed by atoms with Gasteiger partial charge in [0.2, 0.25) is 0 Å². The van der Waals surface area contributed by atoms with E-state index < -0.39 is 0 Å². The number of nitrogens with one attached hydrogen (secondary N) is 1. The summed E-state index contributed by atoms with van der Waals surface area (Å²) >= 11 is 3.49. The molecular formula is C18H18BrN. The van der Waals surface area contributed by atoms with E-state index in [0.29, 0.717) is 6.04 Å². The van der Waals surface area contributed by atoms with Crippen molar-refractivity contribution in [2.75, 3.05) is 6.54 Å². The van der Waals surface area contributed by atoms with Gasteiger partial charge in [0.15, 0.2) is 0 Å². The Balaban J connectivity index is 1.70. The van der Waals surface area contributed by atoms with Gasteiger partial charge in [0, 0.05) is 17.1 Å². The Bertz CT molecular complexity index is 587. The highest BCUT2D eigenvalue weighted by Gasteiger charge is 2.16. The summed E-state index contributed by atoms with van der Waals surface area (Å²) in [5.74, 6) is 0. The molecule has 1 atom stereocenters. The van der Waals surface area contributed by atoms with Crippen LogP contribution in [0.15, 0.2) is 65.1 Å². The van der Waals surface area contributed by atoms with Gasteiger partial charge in [0.1, 0.15) is 0 Å². The zero-order valence-electron chi connectivity index (χ0n) is 11.4. The highest BCUT2D eigenvalue weighted by Crippen LogP contribution is 2.25. The summed E-state index contributed by atoms with van der Waals surface area (Å²) in [4.78, 5) is 0. The van der Waals surface area contributed by atoms with Crippen LogP contribution in [0, 0.1) is 0 Å². The molecule has 1 unspecified atom stereocenters. The second-order valence-corrected chi connectivity index (χ2v) is 6.15. The quantitative estimate of drug-likeness (QED) is 0.878. The number of benzene rings is 2. The number of rotatable bonds is 3. The monoisotopic (exact) mass is 327 g/mol. The zero-order chi connectivity index (χ0) is 13.8. The largest absolute Gasteiger partial charge is 0.310 e. The van der Waals surface area contributed by atoms with Crippen molar-refractivity contribution in [2.24, 2.45) is 0 Å². The van der Waals surface area contributed by atoms with E-state index in [9.17, 15) is 0 Å². The fourth-order valence-corrected chi connectivity index (χ4v) is 2.98. The number of hydrogen-bond acceptors (Lipinski definition) is 1. The Labute approximate surface area is 128 Å². The maximum Gasteiger partial charge on any atom is 0.0175 e. The average Bonchev–Trinajstić information content (AvgIpc) is 2.49. The fraction of sp³-hybridized carbons (Fsp3) is 0.222. The summed E-state index contributed by atoms with van der Waals surface area (Å²) < 4.78 is 1.14. The normalized spacial score (nSPS) is 18.6. The Kier molecular flexibility index (Phi) is 4.34. The van der Waals surface area contributed by atoms with Crippen molar-refractivity contribution in [1.82, 2.24) is 5.32 Å². The van der Waals surface area contributed by atoms with Crippen molar-refractivity contribution in [2.45, 2.75) is 18.9 Å². The maximum atomic E-state index is 3.59. The van der Waals surface area contributed by atoms with Gasteiger partial charge in [0.25, 0.3) is 0 Å². The molecule has 1 aliphatic rings. The van der Waals surface area contributed by atoms with Crippen LogP contribution in [-0.2, 0) is 6.42 Å². The van der Waals surface area contributed by atoms with Gasteiger partial charge >= 0.3 is 0 Å². The van der Waals surface area contributed by atoms with Gasteiger partial charge in [-0.05, 0) is 41.7 Å². The van der Waals surface area contributed by atoms with E-state index in [1.54, 1.807) is 0 Å². The SMILES string of the molecule is Brc1ccc(C2=CCNC(Cc3ccccc3)C2)cc1. The van der Waals surface area contributed by atoms with Crippen LogP contribution < -0.4 is 5.32 Å². The minimum Gasteiger partial charge on any atom is -0.310 e. The first-order valence-electron chi connectivity index (χ1n) is 7.03. The number of halogens is 1. The molecule has 3 rings (SSSR count). The third-order valence-electron chi connectivity index (χ3n) is 3.76. The van der Waals surface area contributed by atoms with Gasteiger partial charge in [-0.1, -0.05) is 64.5 Å². The van der Waals surface area contributed by atoms with Gasteiger partial charge in [-0.15, -0.1) is 0 Å². The minimum atomic E-state index is 0.529. The van der Waals surface area contributed by atoms with Gasteiger partial charge in [-0.3, -0.25) is 0 Å². The maximum absolute atomic E-state index is 3.59. The fourth-order valence-electron chi connectivity index (χ4n) is 2.71. The molecule has 1 nitrogen and oxygen atoms in total. The first-order valence-corrected chi connectivity index (χ1v) is 7.83. The zero-order valence-corrected chi connectivity index (χ0v) is 12.9. The van der Waals surface area contributed by atoms with Gasteiger partial charge < -0.3 is 5.32 Å². The van der Waals surface area contributed by atoms with E-state index in [1.807, 2.05) is 0 Å². The van der Waals surface area contributed by atoms with Crippen molar-refractivity contribution in [3.63, 3.8) is 0 Å². The van der Waals surface area contributed by atoms with Gasteiger partial charge in [-0.2, -0.15) is 0 Å². The van der Waals surface area contributed by atoms with Crippen LogP contribution >= 0.6 is 15.9 Å². The minimum absolute atomic E-state index is 0.529. The van der Waals surface area contributed by atoms with Gasteiger partial charge in [0.05, 0.1) is 0 Å². The van der Waals surface area contributed by atoms with Crippen LogP contribution in [0.1, 0.15) is 17.5 Å². The van der Waals surface area contributed by atoms with Crippen LogP contribution in [0.25, 0.3) is 5.57 Å². The molecule has 0 aromatic heterocycles. The summed E-state index contributed by atoms with van der Waals surface area (Å²) in [6.45, 7) is 0.961. The molecule has 20 heavy (non-hydrogen) atoms. The van der Waals surface area contributed by atoms with E-state index >= 15 is 0 Å². The standard InChI is InChI=1S/C18H18BrN/c19-17-8-6-15(7-9-17)16-10-11-20-18(13-16)12-14-4-2-1-3-5-14/h1-10,18,20H,11-13H2. The van der Waals surface area contributed by atoms with Crippen molar-refractivity contribution in [3.8, 4) is 0 Å². The molecule has 1 heterocycles. The Morgan fingerprint density at radius 2 is 1.75 bits per heavy atom. The molecule has 2 aromatic rings. The highest BCUT2D eigenvalue weighted by molar-refractivity contribution is 9.10. The van der Waals surface area contributed by atoms with Crippen molar-refractivity contribution < 1.29 is 0 Å². The molecule has 0 spiro atoms. The van der Waals surface area contributed by atoms with Crippen LogP contribution in [0.2, 0.25) is 0 Å². The van der Waals surface area contributed by atoms with Crippen LogP contribution in [0.5, 0.6) is 0 Å². The predicted molar refractivity (Wildman–Crippen MR) is 88.7 cm³/mol. The first-order chi connectivity index (χ1) is 9.81. The average molecular weight is 328 g/mol. The summed E-state index contributed by atoms with van der Waals surface area (Å²) in [6.07, 6.45) is 4.50. The summed E-state index contributed by atoms with van der Waals surface area (Å²) in [6, 6.07) is 19.9. The molecule has 0 fully saturated rings. The second kappa shape index (κ2) is 6.38. The molecular weight excluding hydrogens is 310 g/mol. The van der Waals surface area contributed by atoms with E-state index in [0.717, 1.165) is 23.9 Å². The van der Waals surface area contributed by atoms with Crippen molar-refractivity contribution >= 4 is 21.5 Å². The first kappa shape index (κ1) is 13.6. The Hall–Kier alpha value is -1.38. The lowest BCUT2D eigenvalue weighted by molar-refractivity contribution is 0.533. The molecule has 2 heteroatoms. The lowest BCUT2D eigenvalue weighted by atomic mass is 9.92. The molecule has 1 aliphatic heterocycles. The van der Waals surface area contributed by atoms with Crippen LogP contribution in [-0.4, -0.2) is 12.6 Å². The summed E-state index contributed by atoms with van der Waals surface area (Å²) in [7, 11) is 0. The molecule has 0 radical (unpaired) electrons. The van der Waals surface area contributed by atoms with E-state index in [-0.39, 0.29) is 0 Å². The topological polar surface area (TPSA) is 12.0 Å². The molecule has 0 saturated carbocycles. The summed E-state index contributed by atoms with van der Waals surface area (Å²) in [5.41, 5.74) is 4.20. The molecule has 0 aliphatic carbocycles. The lowest BCUT2D eigenvalue weighted by Gasteiger charge is -2.24. The van der Waals surface area contributed by atoms with Crippen LogP contribution in [0.3, 0.4) is 0 Å². The Morgan fingerprint density at radius 1 is 1.00 bits per heavy atom. The van der Waals surface area contributed by atoms with Crippen molar-refractivity contribution in [1.29, 1.82) is 0 Å². The van der Waals surface area contributed by atoms with E-state index in [4.69, 9.17) is 0 Å². The highest BCUT2D eigenvalue weighted by atomic mass is 79.9. The predicted octanol–water partition coefficient (Wildman–Crippen LogP) is 4.44. The molecule has 0 saturated heterocycles. The molecule has 0 amide bonds. The molecule has 0 bridgehead atoms. The third kappa shape index (κ3) is 3.38. The molecule has 2 aromatic carbocycles. The lowest BCUT2D eigenvalue weighted by Crippen LogP contribution is -2.34. The van der Waals surface area contributed by atoms with E-state index in [1.165, 1.54) is 16.7 Å². The van der Waals surface area contributed by atoms with E-state index in [2.05, 4.69) is 81.9 Å².